The zero-order valence-corrected chi connectivity index (χ0v) is 16.8. The predicted molar refractivity (Wildman–Crippen MR) is 108 cm³/mol. The number of benzene rings is 2. The molecule has 0 aliphatic carbocycles. The lowest BCUT2D eigenvalue weighted by atomic mass is 10.1. The number of carbonyl (C=O) groups excluding carboxylic acids is 1. The van der Waals surface area contributed by atoms with Gasteiger partial charge in [-0.15, -0.1) is 0 Å². The van der Waals surface area contributed by atoms with Crippen molar-refractivity contribution in [2.45, 2.75) is 13.0 Å². The van der Waals surface area contributed by atoms with Crippen molar-refractivity contribution in [3.63, 3.8) is 0 Å². The number of nitrogens with zero attached hydrogens (tertiary/aromatic N) is 2. The van der Waals surface area contributed by atoms with Crippen LogP contribution in [-0.2, 0) is 17.8 Å². The molecule has 2 aromatic rings. The van der Waals surface area contributed by atoms with E-state index in [4.69, 9.17) is 14.2 Å². The van der Waals surface area contributed by atoms with Crippen LogP contribution in [-0.4, -0.2) is 63.2 Å². The maximum atomic E-state index is 12.7. The van der Waals surface area contributed by atoms with Crippen molar-refractivity contribution in [2.75, 3.05) is 47.5 Å². The van der Waals surface area contributed by atoms with Gasteiger partial charge in [0.2, 0.25) is 5.91 Å². The van der Waals surface area contributed by atoms with E-state index >= 15 is 0 Å². The summed E-state index contributed by atoms with van der Waals surface area (Å²) in [5.41, 5.74) is 2.02. The highest BCUT2D eigenvalue weighted by Crippen LogP contribution is 2.26. The van der Waals surface area contributed by atoms with E-state index in [9.17, 15) is 4.79 Å². The molecule has 150 valence electrons. The molecule has 1 heterocycles. The fourth-order valence-electron chi connectivity index (χ4n) is 3.53. The average Bonchev–Trinajstić information content (AvgIpc) is 2.74. The minimum absolute atomic E-state index is 0.142. The third-order valence-electron chi connectivity index (χ3n) is 5.14. The Bertz CT molecular complexity index is 801. The molecular weight excluding hydrogens is 356 g/mol. The van der Waals surface area contributed by atoms with Crippen molar-refractivity contribution >= 4 is 5.91 Å². The van der Waals surface area contributed by atoms with Crippen LogP contribution in [0.25, 0.3) is 0 Å². The van der Waals surface area contributed by atoms with E-state index in [2.05, 4.69) is 4.90 Å². The molecule has 1 fully saturated rings. The largest absolute Gasteiger partial charge is 0.497 e. The van der Waals surface area contributed by atoms with Crippen molar-refractivity contribution in [2.24, 2.45) is 0 Å². The molecule has 1 saturated heterocycles. The minimum Gasteiger partial charge on any atom is -0.497 e. The number of para-hydroxylation sites is 1. The van der Waals surface area contributed by atoms with Crippen LogP contribution >= 0.6 is 0 Å². The van der Waals surface area contributed by atoms with Gasteiger partial charge in [-0.1, -0.05) is 18.2 Å². The van der Waals surface area contributed by atoms with E-state index in [1.165, 1.54) is 0 Å². The van der Waals surface area contributed by atoms with E-state index in [1.54, 1.807) is 21.3 Å². The second kappa shape index (κ2) is 9.46. The van der Waals surface area contributed by atoms with E-state index < -0.39 is 0 Å². The summed E-state index contributed by atoms with van der Waals surface area (Å²) in [5, 5.41) is 0. The first kappa shape index (κ1) is 20.0. The van der Waals surface area contributed by atoms with Crippen molar-refractivity contribution in [1.29, 1.82) is 0 Å². The van der Waals surface area contributed by atoms with Gasteiger partial charge in [0, 0.05) is 43.9 Å². The van der Waals surface area contributed by atoms with Crippen LogP contribution in [0, 0.1) is 0 Å². The van der Waals surface area contributed by atoms with Crippen molar-refractivity contribution in [3.05, 3.63) is 53.6 Å². The van der Waals surface area contributed by atoms with Gasteiger partial charge in [0.1, 0.15) is 17.2 Å². The van der Waals surface area contributed by atoms with E-state index in [-0.39, 0.29) is 5.91 Å². The topological polar surface area (TPSA) is 51.2 Å². The molecule has 0 spiro atoms. The van der Waals surface area contributed by atoms with Gasteiger partial charge in [0.15, 0.2) is 0 Å². The number of ether oxygens (including phenoxy) is 3. The molecule has 0 N–H and O–H groups in total. The molecule has 3 rings (SSSR count). The Morgan fingerprint density at radius 3 is 2.21 bits per heavy atom. The molecule has 28 heavy (non-hydrogen) atoms. The lowest BCUT2D eigenvalue weighted by Crippen LogP contribution is -2.48. The summed E-state index contributed by atoms with van der Waals surface area (Å²) in [6, 6.07) is 13.5. The summed E-state index contributed by atoms with van der Waals surface area (Å²) >= 11 is 0. The van der Waals surface area contributed by atoms with Gasteiger partial charge >= 0.3 is 0 Å². The van der Waals surface area contributed by atoms with Crippen LogP contribution in [0.15, 0.2) is 42.5 Å². The fraction of sp³-hybridized carbons (Fsp3) is 0.409. The van der Waals surface area contributed by atoms with E-state index in [0.717, 1.165) is 61.1 Å². The Hall–Kier alpha value is -2.73. The molecule has 0 atom stereocenters. The Morgan fingerprint density at radius 1 is 0.857 bits per heavy atom. The zero-order valence-electron chi connectivity index (χ0n) is 16.8. The molecule has 0 radical (unpaired) electrons. The summed E-state index contributed by atoms with van der Waals surface area (Å²) in [4.78, 5) is 17.0. The monoisotopic (exact) mass is 384 g/mol. The number of amides is 1. The predicted octanol–water partition coefficient (Wildman–Crippen LogP) is 2.60. The van der Waals surface area contributed by atoms with Crippen LogP contribution < -0.4 is 14.2 Å². The van der Waals surface area contributed by atoms with E-state index in [0.29, 0.717) is 6.42 Å². The minimum atomic E-state index is 0.142. The van der Waals surface area contributed by atoms with Crippen LogP contribution in [0.5, 0.6) is 17.2 Å². The highest BCUT2D eigenvalue weighted by Gasteiger charge is 2.22. The molecule has 0 unspecified atom stereocenters. The average molecular weight is 384 g/mol. The summed E-state index contributed by atoms with van der Waals surface area (Å²) in [6.07, 6.45) is 0.369. The first-order valence-corrected chi connectivity index (χ1v) is 9.47. The molecule has 0 aromatic heterocycles. The molecule has 1 amide bonds. The maximum absolute atomic E-state index is 12.7. The maximum Gasteiger partial charge on any atom is 0.227 e. The fourth-order valence-corrected chi connectivity index (χ4v) is 3.53. The molecular formula is C22H28N2O4. The Balaban J connectivity index is 1.56. The quantitative estimate of drug-likeness (QED) is 0.735. The standard InChI is InChI=1S/C22H28N2O4/c1-26-19-8-9-21(28-3)18(14-19)16-23-10-12-24(13-11-23)22(25)15-17-6-4-5-7-20(17)27-2/h4-9,14H,10-13,15-16H2,1-3H3. The lowest BCUT2D eigenvalue weighted by molar-refractivity contribution is -0.132. The number of rotatable bonds is 7. The zero-order chi connectivity index (χ0) is 19.9. The number of hydrogen-bond donors (Lipinski definition) is 0. The van der Waals surface area contributed by atoms with Crippen molar-refractivity contribution < 1.29 is 19.0 Å². The van der Waals surface area contributed by atoms with Gasteiger partial charge in [-0.25, -0.2) is 0 Å². The summed E-state index contributed by atoms with van der Waals surface area (Å²) < 4.78 is 16.2. The third-order valence-corrected chi connectivity index (χ3v) is 5.14. The van der Waals surface area contributed by atoms with Crippen LogP contribution in [0.1, 0.15) is 11.1 Å². The molecule has 2 aromatic carbocycles. The lowest BCUT2D eigenvalue weighted by Gasteiger charge is -2.35. The Kier molecular flexibility index (Phi) is 6.76. The highest BCUT2D eigenvalue weighted by molar-refractivity contribution is 5.79. The SMILES string of the molecule is COc1ccc(OC)c(CN2CCN(C(=O)Cc3ccccc3OC)CC2)c1. The number of piperazine rings is 1. The first-order valence-electron chi connectivity index (χ1n) is 9.47. The van der Waals surface area contributed by atoms with Gasteiger partial charge in [0.25, 0.3) is 0 Å². The number of hydrogen-bond acceptors (Lipinski definition) is 5. The summed E-state index contributed by atoms with van der Waals surface area (Å²) in [5.74, 6) is 2.58. The van der Waals surface area contributed by atoms with Gasteiger partial charge in [0.05, 0.1) is 27.8 Å². The third kappa shape index (κ3) is 4.75. The summed E-state index contributed by atoms with van der Waals surface area (Å²) in [6.45, 7) is 3.88. The van der Waals surface area contributed by atoms with Crippen LogP contribution in [0.4, 0.5) is 0 Å². The van der Waals surface area contributed by atoms with Crippen molar-refractivity contribution in [3.8, 4) is 17.2 Å². The van der Waals surface area contributed by atoms with Gasteiger partial charge in [-0.2, -0.15) is 0 Å². The van der Waals surface area contributed by atoms with Gasteiger partial charge in [-0.05, 0) is 24.3 Å². The van der Waals surface area contributed by atoms with Crippen LogP contribution in [0.2, 0.25) is 0 Å². The molecule has 0 bridgehead atoms. The normalized spacial score (nSPS) is 14.6. The Labute approximate surface area is 166 Å². The van der Waals surface area contributed by atoms with Gasteiger partial charge < -0.3 is 19.1 Å². The second-order valence-corrected chi connectivity index (χ2v) is 6.82. The van der Waals surface area contributed by atoms with E-state index in [1.807, 2.05) is 47.4 Å². The van der Waals surface area contributed by atoms with Crippen molar-refractivity contribution in [1.82, 2.24) is 9.80 Å². The Morgan fingerprint density at radius 2 is 1.54 bits per heavy atom. The first-order chi connectivity index (χ1) is 13.6. The second-order valence-electron chi connectivity index (χ2n) is 6.82. The van der Waals surface area contributed by atoms with Crippen LogP contribution in [0.3, 0.4) is 0 Å². The number of methoxy groups -OCH3 is 3. The molecule has 1 aliphatic heterocycles. The summed E-state index contributed by atoms with van der Waals surface area (Å²) in [7, 11) is 4.98. The molecule has 6 heteroatoms. The smallest absolute Gasteiger partial charge is 0.227 e. The highest BCUT2D eigenvalue weighted by atomic mass is 16.5. The molecule has 6 nitrogen and oxygen atoms in total. The van der Waals surface area contributed by atoms with Gasteiger partial charge in [-0.3, -0.25) is 9.69 Å². The number of carbonyl (C=O) groups is 1. The molecule has 1 aliphatic rings. The molecule has 0 saturated carbocycles.